The second-order valence-electron chi connectivity index (χ2n) is 7.75. The lowest BCUT2D eigenvalue weighted by Crippen LogP contribution is -2.21. The Balaban J connectivity index is 1.43. The Morgan fingerprint density at radius 3 is 2.79 bits per heavy atom. The van der Waals surface area contributed by atoms with Crippen molar-refractivity contribution in [3.63, 3.8) is 0 Å². The number of benzene rings is 2. The van der Waals surface area contributed by atoms with E-state index in [9.17, 15) is 9.90 Å². The molecule has 0 saturated carbocycles. The third-order valence-electron chi connectivity index (χ3n) is 5.50. The Bertz CT molecular complexity index is 1290. The van der Waals surface area contributed by atoms with Crippen molar-refractivity contribution in [2.24, 2.45) is 0 Å². The number of aliphatic hydroxyl groups is 1. The predicted molar refractivity (Wildman–Crippen MR) is 124 cm³/mol. The number of hydrogen-bond acceptors (Lipinski definition) is 7. The molecular weight excluding hydrogens is 444 g/mol. The molecule has 2 aromatic heterocycles. The standard InChI is InChI=1S/C24H21ClN4O4/c25-20-9-16(33-15-4-2-1-3-5-15)6-7-18(20)22(31)19-10-26-23-21(19)24(28-13-27-23)29-14-8-17(11-30)32-12-14/h1-7,9-10,13-14,17,30H,8,11-12H2,(H2,26,27,28,29). The molecule has 0 aliphatic carbocycles. The molecule has 168 valence electrons. The van der Waals surface area contributed by atoms with Crippen molar-refractivity contribution in [1.29, 1.82) is 0 Å². The summed E-state index contributed by atoms with van der Waals surface area (Å²) in [7, 11) is 0. The Hall–Kier alpha value is -3.46. The summed E-state index contributed by atoms with van der Waals surface area (Å²) in [6, 6.07) is 14.3. The minimum absolute atomic E-state index is 0.0314. The minimum atomic E-state index is -0.258. The van der Waals surface area contributed by atoms with Crippen LogP contribution in [0.5, 0.6) is 11.5 Å². The first-order chi connectivity index (χ1) is 16.1. The van der Waals surface area contributed by atoms with Gasteiger partial charge < -0.3 is 24.9 Å². The number of ketones is 1. The van der Waals surface area contributed by atoms with Crippen LogP contribution in [0.2, 0.25) is 5.02 Å². The molecule has 1 fully saturated rings. The molecule has 0 amide bonds. The number of nitrogens with one attached hydrogen (secondary N) is 2. The number of fused-ring (bicyclic) bond motifs is 1. The highest BCUT2D eigenvalue weighted by Gasteiger charge is 2.27. The number of rotatable bonds is 7. The van der Waals surface area contributed by atoms with Crippen molar-refractivity contribution in [2.75, 3.05) is 18.5 Å². The maximum Gasteiger partial charge on any atom is 0.196 e. The third kappa shape index (κ3) is 4.41. The van der Waals surface area contributed by atoms with Crippen LogP contribution < -0.4 is 10.1 Å². The van der Waals surface area contributed by atoms with E-state index in [1.54, 1.807) is 24.4 Å². The first-order valence-electron chi connectivity index (χ1n) is 10.5. The Morgan fingerprint density at radius 1 is 1.18 bits per heavy atom. The van der Waals surface area contributed by atoms with E-state index >= 15 is 0 Å². The van der Waals surface area contributed by atoms with Gasteiger partial charge in [0.15, 0.2) is 5.78 Å². The van der Waals surface area contributed by atoms with E-state index in [1.165, 1.54) is 6.33 Å². The SMILES string of the molecule is O=C(c1ccc(Oc2ccccc2)cc1Cl)c1c[nH]c2ncnc(NC3COC(CO)C3)c12. The summed E-state index contributed by atoms with van der Waals surface area (Å²) in [6.07, 6.45) is 3.48. The van der Waals surface area contributed by atoms with Gasteiger partial charge in [-0.1, -0.05) is 29.8 Å². The molecule has 0 bridgehead atoms. The zero-order valence-electron chi connectivity index (χ0n) is 17.5. The van der Waals surface area contributed by atoms with E-state index in [0.717, 1.165) is 0 Å². The smallest absolute Gasteiger partial charge is 0.196 e. The number of hydrogen-bond donors (Lipinski definition) is 3. The monoisotopic (exact) mass is 464 g/mol. The molecule has 4 aromatic rings. The van der Waals surface area contributed by atoms with E-state index in [-0.39, 0.29) is 29.6 Å². The largest absolute Gasteiger partial charge is 0.457 e. The lowest BCUT2D eigenvalue weighted by Gasteiger charge is -2.13. The molecule has 1 aliphatic rings. The molecule has 8 nitrogen and oxygen atoms in total. The molecule has 2 atom stereocenters. The minimum Gasteiger partial charge on any atom is -0.457 e. The van der Waals surface area contributed by atoms with Crippen molar-refractivity contribution < 1.29 is 19.4 Å². The molecule has 3 N–H and O–H groups in total. The second kappa shape index (κ2) is 9.19. The maximum atomic E-state index is 13.4. The number of aromatic nitrogens is 3. The van der Waals surface area contributed by atoms with Crippen LogP contribution in [0.3, 0.4) is 0 Å². The highest BCUT2D eigenvalue weighted by Crippen LogP contribution is 2.32. The molecule has 2 aromatic carbocycles. The summed E-state index contributed by atoms with van der Waals surface area (Å²) >= 11 is 6.47. The summed E-state index contributed by atoms with van der Waals surface area (Å²) in [5.74, 6) is 1.48. The quantitative estimate of drug-likeness (QED) is 0.352. The highest BCUT2D eigenvalue weighted by molar-refractivity contribution is 6.35. The van der Waals surface area contributed by atoms with Crippen molar-refractivity contribution >= 4 is 34.2 Å². The van der Waals surface area contributed by atoms with E-state index in [1.807, 2.05) is 30.3 Å². The van der Waals surface area contributed by atoms with Crippen molar-refractivity contribution in [1.82, 2.24) is 15.0 Å². The lowest BCUT2D eigenvalue weighted by atomic mass is 10.0. The van der Waals surface area contributed by atoms with Crippen LogP contribution >= 0.6 is 11.6 Å². The van der Waals surface area contributed by atoms with Gasteiger partial charge in [-0.05, 0) is 30.7 Å². The van der Waals surface area contributed by atoms with Gasteiger partial charge in [0, 0.05) is 17.8 Å². The van der Waals surface area contributed by atoms with Crippen LogP contribution in [0.15, 0.2) is 61.1 Å². The average Bonchev–Trinajstić information content (AvgIpc) is 3.47. The maximum absolute atomic E-state index is 13.4. The van der Waals surface area contributed by atoms with E-state index < -0.39 is 0 Å². The molecular formula is C24H21ClN4O4. The number of anilines is 1. The number of aliphatic hydroxyl groups excluding tert-OH is 1. The number of carbonyl (C=O) groups excluding carboxylic acids is 1. The van der Waals surface area contributed by atoms with Gasteiger partial charge in [-0.2, -0.15) is 0 Å². The summed E-state index contributed by atoms with van der Waals surface area (Å²) in [5, 5.41) is 13.5. The number of aromatic amines is 1. The third-order valence-corrected chi connectivity index (χ3v) is 5.82. The average molecular weight is 465 g/mol. The van der Waals surface area contributed by atoms with Crippen molar-refractivity contribution in [2.45, 2.75) is 18.6 Å². The van der Waals surface area contributed by atoms with Crippen LogP contribution in [-0.4, -0.2) is 51.2 Å². The Labute approximate surface area is 194 Å². The topological polar surface area (TPSA) is 109 Å². The normalized spacial score (nSPS) is 17.9. The number of carbonyl (C=O) groups is 1. The fourth-order valence-electron chi connectivity index (χ4n) is 3.89. The molecule has 1 aliphatic heterocycles. The molecule has 33 heavy (non-hydrogen) atoms. The number of halogens is 1. The van der Waals surface area contributed by atoms with E-state index in [4.69, 9.17) is 21.1 Å². The van der Waals surface area contributed by atoms with Gasteiger partial charge in [0.2, 0.25) is 0 Å². The van der Waals surface area contributed by atoms with Crippen LogP contribution in [0.4, 0.5) is 5.82 Å². The first kappa shape index (κ1) is 21.4. The van der Waals surface area contributed by atoms with Crippen molar-refractivity contribution in [3.05, 3.63) is 77.2 Å². The predicted octanol–water partition coefficient (Wildman–Crippen LogP) is 4.20. The molecule has 0 radical (unpaired) electrons. The summed E-state index contributed by atoms with van der Waals surface area (Å²) in [6.45, 7) is 0.410. The van der Waals surface area contributed by atoms with Crippen LogP contribution in [0, 0.1) is 0 Å². The van der Waals surface area contributed by atoms with Gasteiger partial charge in [0.25, 0.3) is 0 Å². The number of H-pyrrole nitrogens is 1. The molecule has 3 heterocycles. The van der Waals surface area contributed by atoms with Gasteiger partial charge in [-0.3, -0.25) is 4.79 Å². The summed E-state index contributed by atoms with van der Waals surface area (Å²) < 4.78 is 11.3. The highest BCUT2D eigenvalue weighted by atomic mass is 35.5. The van der Waals surface area contributed by atoms with Crippen molar-refractivity contribution in [3.8, 4) is 11.5 Å². The summed E-state index contributed by atoms with van der Waals surface area (Å²) in [4.78, 5) is 25.0. The van der Waals surface area contributed by atoms with Crippen LogP contribution in [0.1, 0.15) is 22.3 Å². The van der Waals surface area contributed by atoms with Gasteiger partial charge in [0.1, 0.15) is 29.3 Å². The fraction of sp³-hybridized carbons (Fsp3) is 0.208. The number of nitrogens with zero attached hydrogens (tertiary/aromatic N) is 2. The van der Waals surface area contributed by atoms with Gasteiger partial charge in [-0.25, -0.2) is 9.97 Å². The Kier molecular flexibility index (Phi) is 5.95. The van der Waals surface area contributed by atoms with E-state index in [0.29, 0.717) is 52.5 Å². The zero-order valence-corrected chi connectivity index (χ0v) is 18.2. The van der Waals surface area contributed by atoms with Gasteiger partial charge in [-0.15, -0.1) is 0 Å². The molecule has 0 spiro atoms. The molecule has 9 heteroatoms. The zero-order chi connectivity index (χ0) is 22.8. The van der Waals surface area contributed by atoms with Crippen LogP contribution in [0.25, 0.3) is 11.0 Å². The van der Waals surface area contributed by atoms with E-state index in [2.05, 4.69) is 20.3 Å². The Morgan fingerprint density at radius 2 is 2.03 bits per heavy atom. The number of ether oxygens (including phenoxy) is 2. The molecule has 2 unspecified atom stereocenters. The van der Waals surface area contributed by atoms with Gasteiger partial charge >= 0.3 is 0 Å². The molecule has 1 saturated heterocycles. The molecule has 5 rings (SSSR count). The first-order valence-corrected chi connectivity index (χ1v) is 10.9. The second-order valence-corrected chi connectivity index (χ2v) is 8.16. The van der Waals surface area contributed by atoms with Gasteiger partial charge in [0.05, 0.1) is 41.3 Å². The number of para-hydroxylation sites is 1. The lowest BCUT2D eigenvalue weighted by molar-refractivity contribution is 0.0588. The van der Waals surface area contributed by atoms with Crippen LogP contribution in [-0.2, 0) is 4.74 Å². The fourth-order valence-corrected chi connectivity index (χ4v) is 4.15. The summed E-state index contributed by atoms with van der Waals surface area (Å²) in [5.41, 5.74) is 1.29.